The SMILES string of the molecule is CCc1ccc(N2CCO[C@@H](C3(O)CC3)C2)cn1. The summed E-state index contributed by atoms with van der Waals surface area (Å²) in [5.74, 6) is 0. The van der Waals surface area contributed by atoms with Crippen LogP contribution < -0.4 is 4.90 Å². The monoisotopic (exact) mass is 248 g/mol. The quantitative estimate of drug-likeness (QED) is 0.877. The second-order valence-electron chi connectivity index (χ2n) is 5.27. The second-order valence-corrected chi connectivity index (χ2v) is 5.27. The van der Waals surface area contributed by atoms with Crippen molar-refractivity contribution in [3.63, 3.8) is 0 Å². The molecule has 4 heteroatoms. The number of anilines is 1. The van der Waals surface area contributed by atoms with E-state index in [-0.39, 0.29) is 6.10 Å². The molecule has 1 aliphatic carbocycles. The molecule has 0 unspecified atom stereocenters. The molecular weight excluding hydrogens is 228 g/mol. The fraction of sp³-hybridized carbons (Fsp3) is 0.643. The zero-order valence-electron chi connectivity index (χ0n) is 10.8. The number of morpholine rings is 1. The lowest BCUT2D eigenvalue weighted by Gasteiger charge is -2.36. The number of aryl methyl sites for hydroxylation is 1. The van der Waals surface area contributed by atoms with E-state index in [4.69, 9.17) is 4.74 Å². The average Bonchev–Trinajstić information content (AvgIpc) is 3.18. The Balaban J connectivity index is 1.71. The number of rotatable bonds is 3. The molecule has 1 saturated heterocycles. The van der Waals surface area contributed by atoms with E-state index in [0.29, 0.717) is 6.61 Å². The van der Waals surface area contributed by atoms with Gasteiger partial charge in [-0.25, -0.2) is 0 Å². The summed E-state index contributed by atoms with van der Waals surface area (Å²) in [6.45, 7) is 4.43. The Labute approximate surface area is 108 Å². The van der Waals surface area contributed by atoms with Crippen molar-refractivity contribution in [1.82, 2.24) is 4.98 Å². The predicted molar refractivity (Wildman–Crippen MR) is 69.8 cm³/mol. The largest absolute Gasteiger partial charge is 0.387 e. The summed E-state index contributed by atoms with van der Waals surface area (Å²) in [5, 5.41) is 10.1. The van der Waals surface area contributed by atoms with E-state index in [2.05, 4.69) is 28.9 Å². The molecule has 0 bridgehead atoms. The standard InChI is InChI=1S/C14H20N2O2/c1-2-11-3-4-12(9-15-11)16-7-8-18-13(10-16)14(17)5-6-14/h3-4,9,13,17H,2,5-8,10H2,1H3/t13-/m1/s1. The topological polar surface area (TPSA) is 45.6 Å². The highest BCUT2D eigenvalue weighted by atomic mass is 16.5. The molecular formula is C14H20N2O2. The fourth-order valence-electron chi connectivity index (χ4n) is 2.47. The van der Waals surface area contributed by atoms with Gasteiger partial charge in [-0.3, -0.25) is 4.98 Å². The molecule has 98 valence electrons. The molecule has 2 fully saturated rings. The first-order valence-electron chi connectivity index (χ1n) is 6.75. The van der Waals surface area contributed by atoms with Gasteiger partial charge in [-0.15, -0.1) is 0 Å². The van der Waals surface area contributed by atoms with Crippen molar-refractivity contribution in [3.05, 3.63) is 24.0 Å². The van der Waals surface area contributed by atoms with E-state index in [9.17, 15) is 5.11 Å². The van der Waals surface area contributed by atoms with Crippen LogP contribution in [0.1, 0.15) is 25.5 Å². The lowest BCUT2D eigenvalue weighted by molar-refractivity contribution is -0.0586. The van der Waals surface area contributed by atoms with Crippen LogP contribution in [0.25, 0.3) is 0 Å². The van der Waals surface area contributed by atoms with Crippen LogP contribution in [0.15, 0.2) is 18.3 Å². The van der Waals surface area contributed by atoms with Crippen molar-refractivity contribution in [1.29, 1.82) is 0 Å². The van der Waals surface area contributed by atoms with Gasteiger partial charge in [-0.1, -0.05) is 6.92 Å². The predicted octanol–water partition coefficient (Wildman–Crippen LogP) is 1.37. The molecule has 1 N–H and O–H groups in total. The normalized spacial score (nSPS) is 26.1. The van der Waals surface area contributed by atoms with Gasteiger partial charge in [0.15, 0.2) is 0 Å². The summed E-state index contributed by atoms with van der Waals surface area (Å²) in [5.41, 5.74) is 1.68. The molecule has 3 rings (SSSR count). The van der Waals surface area contributed by atoms with Crippen LogP contribution in [0.5, 0.6) is 0 Å². The van der Waals surface area contributed by atoms with E-state index in [1.807, 2.05) is 6.20 Å². The first kappa shape index (κ1) is 11.9. The Morgan fingerprint density at radius 3 is 2.94 bits per heavy atom. The maximum absolute atomic E-state index is 10.1. The van der Waals surface area contributed by atoms with Crippen molar-refractivity contribution in [2.24, 2.45) is 0 Å². The summed E-state index contributed by atoms with van der Waals surface area (Å²) in [6.07, 6.45) is 4.60. The average molecular weight is 248 g/mol. The molecule has 18 heavy (non-hydrogen) atoms. The van der Waals surface area contributed by atoms with Crippen molar-refractivity contribution in [3.8, 4) is 0 Å². The smallest absolute Gasteiger partial charge is 0.104 e. The Bertz CT molecular complexity index is 414. The van der Waals surface area contributed by atoms with E-state index in [1.54, 1.807) is 0 Å². The summed E-state index contributed by atoms with van der Waals surface area (Å²) >= 11 is 0. The zero-order valence-corrected chi connectivity index (χ0v) is 10.8. The Morgan fingerprint density at radius 1 is 1.50 bits per heavy atom. The Morgan fingerprint density at radius 2 is 2.33 bits per heavy atom. The molecule has 4 nitrogen and oxygen atoms in total. The first-order chi connectivity index (χ1) is 8.71. The molecule has 1 aliphatic heterocycles. The maximum atomic E-state index is 10.1. The van der Waals surface area contributed by atoms with Gasteiger partial charge < -0.3 is 14.7 Å². The van der Waals surface area contributed by atoms with E-state index in [0.717, 1.165) is 43.7 Å². The molecule has 0 radical (unpaired) electrons. The zero-order chi connectivity index (χ0) is 12.6. The summed E-state index contributed by atoms with van der Waals surface area (Å²) in [6, 6.07) is 4.19. The van der Waals surface area contributed by atoms with Gasteiger partial charge in [0.05, 0.1) is 24.1 Å². The maximum Gasteiger partial charge on any atom is 0.104 e. The summed E-state index contributed by atoms with van der Waals surface area (Å²) < 4.78 is 5.69. The highest BCUT2D eigenvalue weighted by Crippen LogP contribution is 2.41. The first-order valence-corrected chi connectivity index (χ1v) is 6.75. The second kappa shape index (κ2) is 4.52. The van der Waals surface area contributed by atoms with Gasteiger partial charge >= 0.3 is 0 Å². The van der Waals surface area contributed by atoms with Crippen molar-refractivity contribution in [2.45, 2.75) is 37.9 Å². The third kappa shape index (κ3) is 2.22. The van der Waals surface area contributed by atoms with Crippen LogP contribution in [0.3, 0.4) is 0 Å². The van der Waals surface area contributed by atoms with Gasteiger partial charge in [0.1, 0.15) is 6.10 Å². The van der Waals surface area contributed by atoms with Crippen LogP contribution in [0, 0.1) is 0 Å². The van der Waals surface area contributed by atoms with Crippen LogP contribution in [0.4, 0.5) is 5.69 Å². The van der Waals surface area contributed by atoms with Gasteiger partial charge in [-0.2, -0.15) is 0 Å². The molecule has 0 amide bonds. The molecule has 1 atom stereocenters. The molecule has 2 aliphatic rings. The van der Waals surface area contributed by atoms with Crippen LogP contribution in [-0.2, 0) is 11.2 Å². The molecule has 2 heterocycles. The van der Waals surface area contributed by atoms with Gasteiger partial charge in [-0.05, 0) is 31.4 Å². The molecule has 1 aromatic rings. The third-order valence-electron chi connectivity index (χ3n) is 3.96. The molecule has 1 saturated carbocycles. The van der Waals surface area contributed by atoms with Crippen LogP contribution >= 0.6 is 0 Å². The Hall–Kier alpha value is -1.13. The summed E-state index contributed by atoms with van der Waals surface area (Å²) in [7, 11) is 0. The summed E-state index contributed by atoms with van der Waals surface area (Å²) in [4.78, 5) is 6.69. The van der Waals surface area contributed by atoms with Crippen molar-refractivity contribution in [2.75, 3.05) is 24.6 Å². The van der Waals surface area contributed by atoms with Crippen molar-refractivity contribution >= 4 is 5.69 Å². The molecule has 0 aromatic carbocycles. The number of aliphatic hydroxyl groups is 1. The third-order valence-corrected chi connectivity index (χ3v) is 3.96. The van der Waals surface area contributed by atoms with Crippen molar-refractivity contribution < 1.29 is 9.84 Å². The van der Waals surface area contributed by atoms with Crippen LogP contribution in [0.2, 0.25) is 0 Å². The lowest BCUT2D eigenvalue weighted by Crippen LogP contribution is -2.48. The van der Waals surface area contributed by atoms with Gasteiger partial charge in [0, 0.05) is 18.8 Å². The fourth-order valence-corrected chi connectivity index (χ4v) is 2.47. The minimum atomic E-state index is -0.560. The van der Waals surface area contributed by atoms with E-state index >= 15 is 0 Å². The number of ether oxygens (including phenoxy) is 1. The van der Waals surface area contributed by atoms with E-state index < -0.39 is 5.60 Å². The number of aromatic nitrogens is 1. The number of nitrogens with zero attached hydrogens (tertiary/aromatic N) is 2. The number of hydrogen-bond acceptors (Lipinski definition) is 4. The van der Waals surface area contributed by atoms with E-state index in [1.165, 1.54) is 0 Å². The highest BCUT2D eigenvalue weighted by Gasteiger charge is 2.50. The highest BCUT2D eigenvalue weighted by molar-refractivity contribution is 5.45. The van der Waals surface area contributed by atoms with Gasteiger partial charge in [0.2, 0.25) is 0 Å². The number of pyridine rings is 1. The lowest BCUT2D eigenvalue weighted by atomic mass is 10.1. The Kier molecular flexibility index (Phi) is 2.99. The minimum Gasteiger partial charge on any atom is -0.387 e. The molecule has 0 spiro atoms. The number of hydrogen-bond donors (Lipinski definition) is 1. The molecule has 1 aromatic heterocycles. The van der Waals surface area contributed by atoms with Gasteiger partial charge in [0.25, 0.3) is 0 Å². The minimum absolute atomic E-state index is 0.0444. The van der Waals surface area contributed by atoms with Crippen LogP contribution in [-0.4, -0.2) is 41.5 Å².